The fraction of sp³-hybridized carbons (Fsp3) is 0.381. The lowest BCUT2D eigenvalue weighted by Crippen LogP contribution is -2.47. The third-order valence-corrected chi connectivity index (χ3v) is 6.82. The minimum absolute atomic E-state index is 0.108. The van der Waals surface area contributed by atoms with Gasteiger partial charge in [0, 0.05) is 23.8 Å². The Morgan fingerprint density at radius 1 is 1.18 bits per heavy atom. The zero-order valence-electron chi connectivity index (χ0n) is 17.5. The van der Waals surface area contributed by atoms with E-state index in [-0.39, 0.29) is 40.0 Å². The molecule has 0 saturated carbocycles. The molecule has 0 radical (unpaired) electrons. The van der Waals surface area contributed by atoms with Crippen LogP contribution in [0.25, 0.3) is 0 Å². The second-order valence-electron chi connectivity index (χ2n) is 7.30. The molecular formula is C21H21BrCl3F3N2O3. The number of nitrogens with one attached hydrogen (secondary N) is 2. The van der Waals surface area contributed by atoms with E-state index in [1.54, 1.807) is 13.0 Å². The first kappa shape index (κ1) is 28.0. The van der Waals surface area contributed by atoms with Gasteiger partial charge < -0.3 is 20.5 Å². The molecule has 0 heterocycles. The van der Waals surface area contributed by atoms with Gasteiger partial charge in [0.15, 0.2) is 0 Å². The van der Waals surface area contributed by atoms with Gasteiger partial charge in [-0.15, -0.1) is 0 Å². The van der Waals surface area contributed by atoms with E-state index < -0.39 is 23.9 Å². The molecule has 2 atom stereocenters. The molecule has 3 N–H and O–H groups in total. The highest BCUT2D eigenvalue weighted by Crippen LogP contribution is 2.43. The number of benzene rings is 2. The third-order valence-electron chi connectivity index (χ3n) is 4.88. The van der Waals surface area contributed by atoms with E-state index in [1.165, 1.54) is 19.2 Å². The summed E-state index contributed by atoms with van der Waals surface area (Å²) in [6.07, 6.45) is -5.07. The summed E-state index contributed by atoms with van der Waals surface area (Å²) in [4.78, 5) is 11.9. The fourth-order valence-corrected chi connectivity index (χ4v) is 3.92. The number of alkyl halides is 3. The van der Waals surface area contributed by atoms with E-state index in [0.29, 0.717) is 15.7 Å². The van der Waals surface area contributed by atoms with Gasteiger partial charge in [-0.25, -0.2) is 0 Å². The summed E-state index contributed by atoms with van der Waals surface area (Å²) in [6, 6.07) is 6.56. The molecule has 2 aromatic rings. The lowest BCUT2D eigenvalue weighted by atomic mass is 9.92. The van der Waals surface area contributed by atoms with Gasteiger partial charge in [-0.1, -0.05) is 56.8 Å². The molecule has 0 aromatic heterocycles. The molecule has 0 saturated heterocycles. The summed E-state index contributed by atoms with van der Waals surface area (Å²) in [5.74, 6) is -0.200. The van der Waals surface area contributed by atoms with Crippen molar-refractivity contribution in [3.8, 4) is 0 Å². The van der Waals surface area contributed by atoms with Crippen molar-refractivity contribution in [2.45, 2.75) is 37.8 Å². The van der Waals surface area contributed by atoms with Gasteiger partial charge in [0.2, 0.25) is 11.5 Å². The number of rotatable bonds is 9. The molecule has 12 heteroatoms. The van der Waals surface area contributed by atoms with Gasteiger partial charge in [0.25, 0.3) is 0 Å². The molecule has 0 bridgehead atoms. The van der Waals surface area contributed by atoms with Gasteiger partial charge >= 0.3 is 6.18 Å². The zero-order chi connectivity index (χ0) is 25.0. The Hall–Kier alpha value is -1.23. The number of amides is 1. The maximum atomic E-state index is 13.8. The fourth-order valence-electron chi connectivity index (χ4n) is 2.80. The molecule has 0 unspecified atom stereocenters. The van der Waals surface area contributed by atoms with Crippen LogP contribution in [0.4, 0.5) is 18.9 Å². The van der Waals surface area contributed by atoms with Gasteiger partial charge in [0.1, 0.15) is 0 Å². The van der Waals surface area contributed by atoms with E-state index in [0.717, 1.165) is 12.1 Å². The Kier molecular flexibility index (Phi) is 9.73. The lowest BCUT2D eigenvalue weighted by molar-refractivity contribution is -0.260. The highest BCUT2D eigenvalue weighted by atomic mass is 79.9. The maximum Gasteiger partial charge on any atom is 0.423 e. The number of hydrogen-bond acceptors (Lipinski definition) is 4. The Morgan fingerprint density at radius 2 is 1.79 bits per heavy atom. The Morgan fingerprint density at radius 3 is 2.30 bits per heavy atom. The first-order chi connectivity index (χ1) is 15.3. The van der Waals surface area contributed by atoms with Crippen molar-refractivity contribution in [3.63, 3.8) is 0 Å². The molecule has 182 valence electrons. The molecule has 0 aliphatic heterocycles. The van der Waals surface area contributed by atoms with Crippen molar-refractivity contribution in [1.82, 2.24) is 5.32 Å². The molecule has 1 amide bonds. The second-order valence-corrected chi connectivity index (χ2v) is 9.35. The average Bonchev–Trinajstić information content (AvgIpc) is 2.73. The van der Waals surface area contributed by atoms with Crippen molar-refractivity contribution in [2.75, 3.05) is 19.0 Å². The van der Waals surface area contributed by atoms with Crippen LogP contribution >= 0.6 is 50.7 Å². The van der Waals surface area contributed by atoms with E-state index in [1.807, 2.05) is 0 Å². The molecule has 33 heavy (non-hydrogen) atoms. The number of aliphatic hydroxyl groups is 1. The minimum Gasteiger partial charge on any atom is -0.381 e. The standard InChI is InChI=1S/C21H21BrCl3F3N2O3/c1-11(33-2)5-18(31)29-9-12-3-4-14(8-15(12)22)30-10-20(32,21(26,27)28)13-6-16(23)19(25)17(24)7-13/h3-4,6-8,11,30,32H,5,9-10H2,1-2H3,(H,29,31)/t11-,20-/m1/s1. The first-order valence-corrected chi connectivity index (χ1v) is 11.5. The van der Waals surface area contributed by atoms with E-state index >= 15 is 0 Å². The van der Waals surface area contributed by atoms with Crippen LogP contribution < -0.4 is 10.6 Å². The normalized spacial score (nSPS) is 14.5. The minimum atomic E-state index is -5.04. The maximum absolute atomic E-state index is 13.8. The van der Waals surface area contributed by atoms with Crippen LogP contribution in [0.1, 0.15) is 24.5 Å². The number of ether oxygens (including phenoxy) is 1. The summed E-state index contributed by atoms with van der Waals surface area (Å²) >= 11 is 20.9. The predicted molar refractivity (Wildman–Crippen MR) is 127 cm³/mol. The summed E-state index contributed by atoms with van der Waals surface area (Å²) < 4.78 is 47.1. The quantitative estimate of drug-likeness (QED) is 0.299. The van der Waals surface area contributed by atoms with Gasteiger partial charge in [-0.3, -0.25) is 4.79 Å². The molecule has 0 aliphatic carbocycles. The lowest BCUT2D eigenvalue weighted by Gasteiger charge is -2.32. The smallest absolute Gasteiger partial charge is 0.381 e. The highest BCUT2D eigenvalue weighted by molar-refractivity contribution is 9.10. The molecule has 0 spiro atoms. The first-order valence-electron chi connectivity index (χ1n) is 9.54. The van der Waals surface area contributed by atoms with Crippen molar-refractivity contribution < 1.29 is 27.8 Å². The van der Waals surface area contributed by atoms with Gasteiger partial charge in [-0.2, -0.15) is 13.2 Å². The molecule has 0 fully saturated rings. The molecule has 0 aliphatic rings. The van der Waals surface area contributed by atoms with Crippen LogP contribution in [0.2, 0.25) is 15.1 Å². The third kappa shape index (κ3) is 7.13. The van der Waals surface area contributed by atoms with Crippen molar-refractivity contribution in [3.05, 3.63) is 61.0 Å². The Bertz CT molecular complexity index is 987. The number of anilines is 1. The highest BCUT2D eigenvalue weighted by Gasteiger charge is 2.55. The van der Waals surface area contributed by atoms with E-state index in [4.69, 9.17) is 39.5 Å². The van der Waals surface area contributed by atoms with Crippen LogP contribution in [-0.2, 0) is 21.7 Å². The van der Waals surface area contributed by atoms with Crippen molar-refractivity contribution in [1.29, 1.82) is 0 Å². The number of methoxy groups -OCH3 is 1. The van der Waals surface area contributed by atoms with E-state index in [9.17, 15) is 23.1 Å². The number of halogens is 7. The summed E-state index contributed by atoms with van der Waals surface area (Å²) in [5, 5.41) is 15.4. The predicted octanol–water partition coefficient (Wildman–Crippen LogP) is 6.31. The van der Waals surface area contributed by atoms with Crippen molar-refractivity contribution in [2.24, 2.45) is 0 Å². The Balaban J connectivity index is 2.16. The largest absolute Gasteiger partial charge is 0.423 e. The molecular weight excluding hydrogens is 571 g/mol. The number of carbonyl (C=O) groups excluding carboxylic acids is 1. The SMILES string of the molecule is CO[C@H](C)CC(=O)NCc1ccc(NC[C@@](O)(c2cc(Cl)c(Cl)c(Cl)c2)C(F)(F)F)cc1Br. The average molecular weight is 593 g/mol. The zero-order valence-corrected chi connectivity index (χ0v) is 21.3. The summed E-state index contributed by atoms with van der Waals surface area (Å²) in [6.45, 7) is 1.07. The number of hydrogen-bond donors (Lipinski definition) is 3. The molecule has 5 nitrogen and oxygen atoms in total. The Labute approximate surface area is 212 Å². The van der Waals surface area contributed by atoms with Crippen LogP contribution in [-0.4, -0.2) is 36.9 Å². The summed E-state index contributed by atoms with van der Waals surface area (Å²) in [5.41, 5.74) is -2.83. The topological polar surface area (TPSA) is 70.6 Å². The van der Waals surface area contributed by atoms with Crippen LogP contribution in [0.5, 0.6) is 0 Å². The van der Waals surface area contributed by atoms with Crippen molar-refractivity contribution >= 4 is 62.3 Å². The van der Waals surface area contributed by atoms with Gasteiger partial charge in [-0.05, 0) is 42.3 Å². The van der Waals surface area contributed by atoms with E-state index in [2.05, 4.69) is 26.6 Å². The second kappa shape index (κ2) is 11.5. The van der Waals surface area contributed by atoms with Crippen LogP contribution in [0.15, 0.2) is 34.8 Å². The summed E-state index contributed by atoms with van der Waals surface area (Å²) in [7, 11) is 1.51. The molecule has 2 aromatic carbocycles. The number of carbonyl (C=O) groups is 1. The monoisotopic (exact) mass is 590 g/mol. The van der Waals surface area contributed by atoms with Crippen LogP contribution in [0.3, 0.4) is 0 Å². The van der Waals surface area contributed by atoms with Gasteiger partial charge in [0.05, 0.1) is 34.1 Å². The molecule has 2 rings (SSSR count). The van der Waals surface area contributed by atoms with Crippen LogP contribution in [0, 0.1) is 0 Å².